The summed E-state index contributed by atoms with van der Waals surface area (Å²) in [5.41, 5.74) is 1.77. The van der Waals surface area contributed by atoms with Gasteiger partial charge in [-0.05, 0) is 20.8 Å². The van der Waals surface area contributed by atoms with Crippen molar-refractivity contribution in [1.82, 2.24) is 29.1 Å². The zero-order valence-corrected chi connectivity index (χ0v) is 15.7. The molecular weight excluding hydrogens is 328 g/mol. The van der Waals surface area contributed by atoms with Gasteiger partial charge in [0.1, 0.15) is 11.5 Å². The standard InChI is InChI=1S/C19H26N6O/c1-14(2)25-12-16(10-20-25)11-23-8-9-24-13-17(21-18(24)15(23)3)19(26)22-6-4-5-7-22/h4-5,10,12-15H,6-9,11H2,1-3H3/t15-/m0/s1. The van der Waals surface area contributed by atoms with Crippen molar-refractivity contribution in [2.75, 3.05) is 19.6 Å². The summed E-state index contributed by atoms with van der Waals surface area (Å²) in [5.74, 6) is 0.997. The third-order valence-electron chi connectivity index (χ3n) is 5.25. The maximum Gasteiger partial charge on any atom is 0.274 e. The molecule has 0 aliphatic carbocycles. The van der Waals surface area contributed by atoms with Gasteiger partial charge in [-0.15, -0.1) is 0 Å². The molecule has 4 heterocycles. The van der Waals surface area contributed by atoms with Gasteiger partial charge in [0, 0.05) is 56.7 Å². The van der Waals surface area contributed by atoms with Crippen molar-refractivity contribution in [3.05, 3.63) is 47.8 Å². The third-order valence-corrected chi connectivity index (χ3v) is 5.25. The van der Waals surface area contributed by atoms with E-state index in [1.165, 1.54) is 5.56 Å². The first-order chi connectivity index (χ1) is 12.5. The van der Waals surface area contributed by atoms with Crippen LogP contribution >= 0.6 is 0 Å². The first-order valence-electron chi connectivity index (χ1n) is 9.31. The Morgan fingerprint density at radius 2 is 2.00 bits per heavy atom. The first-order valence-corrected chi connectivity index (χ1v) is 9.31. The molecule has 0 N–H and O–H groups in total. The largest absolute Gasteiger partial charge is 0.331 e. The highest BCUT2D eigenvalue weighted by Crippen LogP contribution is 2.26. The Morgan fingerprint density at radius 1 is 1.23 bits per heavy atom. The fourth-order valence-corrected chi connectivity index (χ4v) is 3.64. The molecular formula is C19H26N6O. The van der Waals surface area contributed by atoms with E-state index in [-0.39, 0.29) is 11.9 Å². The molecule has 0 radical (unpaired) electrons. The summed E-state index contributed by atoms with van der Waals surface area (Å²) in [6.45, 7) is 10.4. The van der Waals surface area contributed by atoms with E-state index in [0.29, 0.717) is 24.8 Å². The van der Waals surface area contributed by atoms with Crippen LogP contribution in [0.5, 0.6) is 0 Å². The van der Waals surface area contributed by atoms with Crippen LogP contribution in [-0.2, 0) is 13.1 Å². The molecule has 138 valence electrons. The molecule has 2 aliphatic rings. The number of aromatic nitrogens is 4. The van der Waals surface area contributed by atoms with Gasteiger partial charge in [0.15, 0.2) is 0 Å². The highest BCUT2D eigenvalue weighted by Gasteiger charge is 2.29. The summed E-state index contributed by atoms with van der Waals surface area (Å²) in [6.07, 6.45) is 10.0. The molecule has 0 saturated heterocycles. The summed E-state index contributed by atoms with van der Waals surface area (Å²) >= 11 is 0. The summed E-state index contributed by atoms with van der Waals surface area (Å²) in [7, 11) is 0. The Bertz CT molecular complexity index is 825. The van der Waals surface area contributed by atoms with Crippen LogP contribution in [0.25, 0.3) is 0 Å². The summed E-state index contributed by atoms with van der Waals surface area (Å²) in [6, 6.07) is 0.541. The molecule has 4 rings (SSSR count). The van der Waals surface area contributed by atoms with Gasteiger partial charge in [-0.25, -0.2) is 4.98 Å². The molecule has 2 aromatic heterocycles. The molecule has 0 bridgehead atoms. The van der Waals surface area contributed by atoms with Crippen LogP contribution in [0, 0.1) is 0 Å². The van der Waals surface area contributed by atoms with Crippen LogP contribution in [0.3, 0.4) is 0 Å². The number of amides is 1. The van der Waals surface area contributed by atoms with Crippen molar-refractivity contribution >= 4 is 5.91 Å². The lowest BCUT2D eigenvalue weighted by Crippen LogP contribution is -2.36. The van der Waals surface area contributed by atoms with E-state index in [2.05, 4.69) is 46.5 Å². The van der Waals surface area contributed by atoms with Gasteiger partial charge in [-0.1, -0.05) is 12.2 Å². The second-order valence-corrected chi connectivity index (χ2v) is 7.43. The number of hydrogen-bond donors (Lipinski definition) is 0. The van der Waals surface area contributed by atoms with E-state index in [1.54, 1.807) is 0 Å². The molecule has 0 saturated carbocycles. The number of carbonyl (C=O) groups is 1. The summed E-state index contributed by atoms with van der Waals surface area (Å²) in [4.78, 5) is 21.5. The Hall–Kier alpha value is -2.41. The van der Waals surface area contributed by atoms with Crippen molar-refractivity contribution < 1.29 is 4.79 Å². The third kappa shape index (κ3) is 3.07. The van der Waals surface area contributed by atoms with Crippen LogP contribution in [0.15, 0.2) is 30.7 Å². The number of carbonyl (C=O) groups excluding carboxylic acids is 1. The molecule has 0 fully saturated rings. The molecule has 0 unspecified atom stereocenters. The quantitative estimate of drug-likeness (QED) is 0.790. The zero-order valence-electron chi connectivity index (χ0n) is 15.7. The van der Waals surface area contributed by atoms with E-state index in [0.717, 1.165) is 25.5 Å². The zero-order chi connectivity index (χ0) is 18.3. The maximum atomic E-state index is 12.6. The Kier molecular flexibility index (Phi) is 4.40. The second kappa shape index (κ2) is 6.72. The van der Waals surface area contributed by atoms with Crippen LogP contribution < -0.4 is 0 Å². The van der Waals surface area contributed by atoms with E-state index < -0.39 is 0 Å². The van der Waals surface area contributed by atoms with Gasteiger partial charge >= 0.3 is 0 Å². The minimum atomic E-state index is 0.0221. The average molecular weight is 354 g/mol. The fourth-order valence-electron chi connectivity index (χ4n) is 3.64. The Morgan fingerprint density at radius 3 is 2.69 bits per heavy atom. The molecule has 2 aliphatic heterocycles. The number of rotatable bonds is 4. The molecule has 26 heavy (non-hydrogen) atoms. The smallest absolute Gasteiger partial charge is 0.274 e. The van der Waals surface area contributed by atoms with Crippen molar-refractivity contribution in [2.24, 2.45) is 0 Å². The summed E-state index contributed by atoms with van der Waals surface area (Å²) < 4.78 is 4.13. The van der Waals surface area contributed by atoms with Gasteiger partial charge in [0.25, 0.3) is 5.91 Å². The van der Waals surface area contributed by atoms with Crippen molar-refractivity contribution in [3.8, 4) is 0 Å². The van der Waals surface area contributed by atoms with Gasteiger partial charge in [-0.2, -0.15) is 5.10 Å². The molecule has 0 aromatic carbocycles. The Labute approximate surface area is 153 Å². The lowest BCUT2D eigenvalue weighted by molar-refractivity contribution is 0.0794. The lowest BCUT2D eigenvalue weighted by atomic mass is 10.2. The van der Waals surface area contributed by atoms with Crippen molar-refractivity contribution in [2.45, 2.75) is 45.9 Å². The van der Waals surface area contributed by atoms with Crippen LogP contribution in [0.4, 0.5) is 0 Å². The molecule has 1 atom stereocenters. The Balaban J connectivity index is 1.49. The van der Waals surface area contributed by atoms with Crippen LogP contribution in [0.1, 0.15) is 54.7 Å². The lowest BCUT2D eigenvalue weighted by Gasteiger charge is -2.33. The van der Waals surface area contributed by atoms with Gasteiger partial charge in [0.2, 0.25) is 0 Å². The molecule has 7 heteroatoms. The first kappa shape index (κ1) is 17.0. The topological polar surface area (TPSA) is 59.2 Å². The van der Waals surface area contributed by atoms with E-state index in [1.807, 2.05) is 34.1 Å². The SMILES string of the molecule is CC(C)n1cc(CN2CCn3cc(C(=O)N4CC=CC4)nc3[C@@H]2C)cn1. The second-order valence-electron chi connectivity index (χ2n) is 7.43. The normalized spacial score (nSPS) is 20.2. The maximum absolute atomic E-state index is 12.6. The minimum Gasteiger partial charge on any atom is -0.331 e. The van der Waals surface area contributed by atoms with E-state index >= 15 is 0 Å². The van der Waals surface area contributed by atoms with E-state index in [9.17, 15) is 4.79 Å². The van der Waals surface area contributed by atoms with Crippen LogP contribution in [0.2, 0.25) is 0 Å². The number of fused-ring (bicyclic) bond motifs is 1. The van der Waals surface area contributed by atoms with Gasteiger partial charge in [-0.3, -0.25) is 14.4 Å². The summed E-state index contributed by atoms with van der Waals surface area (Å²) in [5, 5.41) is 4.44. The minimum absolute atomic E-state index is 0.0221. The molecule has 7 nitrogen and oxygen atoms in total. The van der Waals surface area contributed by atoms with Crippen molar-refractivity contribution in [3.63, 3.8) is 0 Å². The fraction of sp³-hybridized carbons (Fsp3) is 0.526. The monoisotopic (exact) mass is 354 g/mol. The average Bonchev–Trinajstić information content (AvgIpc) is 3.37. The predicted octanol–water partition coefficient (Wildman–Crippen LogP) is 2.25. The predicted molar refractivity (Wildman–Crippen MR) is 98.7 cm³/mol. The molecule has 2 aromatic rings. The highest BCUT2D eigenvalue weighted by atomic mass is 16.2. The number of hydrogen-bond acceptors (Lipinski definition) is 4. The highest BCUT2D eigenvalue weighted by molar-refractivity contribution is 5.92. The van der Waals surface area contributed by atoms with Crippen molar-refractivity contribution in [1.29, 1.82) is 0 Å². The van der Waals surface area contributed by atoms with E-state index in [4.69, 9.17) is 0 Å². The number of imidazole rings is 1. The molecule has 1 amide bonds. The van der Waals surface area contributed by atoms with Gasteiger partial charge in [0.05, 0.1) is 12.2 Å². The van der Waals surface area contributed by atoms with Crippen LogP contribution in [-0.4, -0.2) is 54.7 Å². The molecule has 0 spiro atoms. The number of nitrogens with zero attached hydrogens (tertiary/aromatic N) is 6. The van der Waals surface area contributed by atoms with Gasteiger partial charge < -0.3 is 9.47 Å².